The first-order valence-electron chi connectivity index (χ1n) is 13.7. The van der Waals surface area contributed by atoms with Crippen LogP contribution in [0, 0.1) is 0 Å². The molecule has 0 saturated carbocycles. The van der Waals surface area contributed by atoms with Crippen molar-refractivity contribution in [2.45, 2.75) is 6.92 Å². The summed E-state index contributed by atoms with van der Waals surface area (Å²) in [6.07, 6.45) is 4.02. The van der Waals surface area contributed by atoms with E-state index in [1.807, 2.05) is 49.4 Å². The quantitative estimate of drug-likeness (QED) is 0.166. The normalized spacial score (nSPS) is 10.8. The maximum absolute atomic E-state index is 4.40. The van der Waals surface area contributed by atoms with Crippen molar-refractivity contribution >= 4 is 39.6 Å². The molecule has 200 valence electrons. The van der Waals surface area contributed by atoms with Gasteiger partial charge in [-0.05, 0) is 95.9 Å². The highest BCUT2D eigenvalue weighted by Gasteiger charge is 2.15. The van der Waals surface area contributed by atoms with Crippen LogP contribution in [0.15, 0.2) is 177 Å². The Balaban J connectivity index is 1.38. The Hall–Kier alpha value is -5.34. The van der Waals surface area contributed by atoms with Crippen molar-refractivity contribution in [1.82, 2.24) is 0 Å². The summed E-state index contributed by atoms with van der Waals surface area (Å²) in [6.45, 7) is 15.1. The average Bonchev–Trinajstić information content (AvgIpc) is 3.03. The van der Waals surface area contributed by atoms with Gasteiger partial charge in [-0.1, -0.05) is 105 Å². The highest BCUT2D eigenvalue weighted by atomic mass is 15.1. The van der Waals surface area contributed by atoms with Gasteiger partial charge in [0.1, 0.15) is 0 Å². The van der Waals surface area contributed by atoms with Gasteiger partial charge in [0, 0.05) is 34.1 Å². The third-order valence-corrected chi connectivity index (χ3v) is 7.00. The van der Waals surface area contributed by atoms with Crippen molar-refractivity contribution in [1.29, 1.82) is 0 Å². The van der Waals surface area contributed by atoms with Crippen molar-refractivity contribution in [2.24, 2.45) is 0 Å². The second kappa shape index (κ2) is 12.7. The molecule has 0 aliphatic rings. The van der Waals surface area contributed by atoms with Crippen LogP contribution in [0.4, 0.5) is 28.4 Å². The van der Waals surface area contributed by atoms with Crippen LogP contribution in [-0.4, -0.2) is 0 Å². The van der Waals surface area contributed by atoms with E-state index in [1.54, 1.807) is 0 Å². The minimum atomic E-state index is 0.894. The van der Waals surface area contributed by atoms with Crippen LogP contribution in [0.3, 0.4) is 0 Å². The third-order valence-electron chi connectivity index (χ3n) is 7.00. The van der Waals surface area contributed by atoms with E-state index in [2.05, 4.69) is 139 Å². The second-order valence-corrected chi connectivity index (χ2v) is 9.72. The molecule has 0 aliphatic heterocycles. The Morgan fingerprint density at radius 3 is 1.22 bits per heavy atom. The smallest absolute Gasteiger partial charge is 0.0462 e. The number of nitrogens with zero attached hydrogens (tertiary/aromatic N) is 2. The maximum atomic E-state index is 4.40. The van der Waals surface area contributed by atoms with E-state index in [-0.39, 0.29) is 0 Å². The van der Waals surface area contributed by atoms with Gasteiger partial charge in [-0.3, -0.25) is 0 Å². The SMILES string of the molecule is C=C(C(=C)c1ccc(N(c2ccccc2)c2ccccc2)cc1)c1ccc(N(C(=C)/C=C\C)c2ccccc2)cc1. The van der Waals surface area contributed by atoms with E-state index in [9.17, 15) is 0 Å². The number of hydrogen-bond donors (Lipinski definition) is 0. The fourth-order valence-electron chi connectivity index (χ4n) is 4.90. The highest BCUT2D eigenvalue weighted by Crippen LogP contribution is 2.37. The number of benzene rings is 5. The largest absolute Gasteiger partial charge is 0.311 e. The van der Waals surface area contributed by atoms with E-state index < -0.39 is 0 Å². The molecule has 5 rings (SSSR count). The summed E-state index contributed by atoms with van der Waals surface area (Å²) in [4.78, 5) is 4.39. The van der Waals surface area contributed by atoms with Crippen molar-refractivity contribution in [3.8, 4) is 0 Å². The standard InChI is InChI=1S/C39H34N2/c1-5-15-30(2)40(35-16-9-6-10-17-35)38-26-22-33(23-27-38)31(3)32(4)34-24-28-39(29-25-34)41(36-18-11-7-12-19-36)37-20-13-8-14-21-37/h5-29H,2-4H2,1H3/b15-5-. The van der Waals surface area contributed by atoms with E-state index in [1.165, 1.54) is 0 Å². The monoisotopic (exact) mass is 530 g/mol. The first-order valence-corrected chi connectivity index (χ1v) is 13.7. The number of hydrogen-bond acceptors (Lipinski definition) is 2. The number of rotatable bonds is 10. The van der Waals surface area contributed by atoms with Crippen molar-refractivity contribution in [3.63, 3.8) is 0 Å². The molecule has 2 nitrogen and oxygen atoms in total. The Labute approximate surface area is 244 Å². The van der Waals surface area contributed by atoms with Crippen LogP contribution in [0.5, 0.6) is 0 Å². The van der Waals surface area contributed by atoms with E-state index in [4.69, 9.17) is 0 Å². The summed E-state index contributed by atoms with van der Waals surface area (Å²) in [7, 11) is 0. The molecule has 41 heavy (non-hydrogen) atoms. The minimum Gasteiger partial charge on any atom is -0.311 e. The van der Waals surface area contributed by atoms with Crippen LogP contribution in [-0.2, 0) is 0 Å². The molecule has 0 atom stereocenters. The maximum Gasteiger partial charge on any atom is 0.0462 e. The molecular formula is C39H34N2. The van der Waals surface area contributed by atoms with Crippen molar-refractivity contribution in [2.75, 3.05) is 9.80 Å². The summed E-state index contributed by atoms with van der Waals surface area (Å²) in [5.74, 6) is 0. The van der Waals surface area contributed by atoms with Crippen LogP contribution in [0.25, 0.3) is 11.1 Å². The summed E-state index contributed by atoms with van der Waals surface area (Å²) >= 11 is 0. The van der Waals surface area contributed by atoms with Gasteiger partial charge in [0.15, 0.2) is 0 Å². The highest BCUT2D eigenvalue weighted by molar-refractivity contribution is 6.03. The van der Waals surface area contributed by atoms with Gasteiger partial charge in [-0.2, -0.15) is 0 Å². The summed E-state index contributed by atoms with van der Waals surface area (Å²) in [5, 5.41) is 0. The molecule has 5 aromatic rings. The zero-order valence-electron chi connectivity index (χ0n) is 23.4. The molecule has 0 spiro atoms. The molecule has 2 heteroatoms. The topological polar surface area (TPSA) is 6.48 Å². The lowest BCUT2D eigenvalue weighted by Gasteiger charge is -2.26. The second-order valence-electron chi connectivity index (χ2n) is 9.72. The minimum absolute atomic E-state index is 0.894. The number of anilines is 5. The van der Waals surface area contributed by atoms with Gasteiger partial charge in [0.05, 0.1) is 0 Å². The van der Waals surface area contributed by atoms with E-state index in [0.29, 0.717) is 0 Å². The van der Waals surface area contributed by atoms with Crippen molar-refractivity contribution in [3.05, 3.63) is 188 Å². The molecule has 0 saturated heterocycles. The first-order chi connectivity index (χ1) is 20.1. The lowest BCUT2D eigenvalue weighted by atomic mass is 9.94. The van der Waals surface area contributed by atoms with Gasteiger partial charge in [-0.25, -0.2) is 0 Å². The molecule has 0 fully saturated rings. The fourth-order valence-corrected chi connectivity index (χ4v) is 4.90. The predicted octanol–water partition coefficient (Wildman–Crippen LogP) is 11.1. The Morgan fingerprint density at radius 2 is 0.805 bits per heavy atom. The molecule has 0 unspecified atom stereocenters. The molecule has 0 aliphatic carbocycles. The third kappa shape index (κ3) is 6.13. The number of allylic oxidation sites excluding steroid dienone is 4. The lowest BCUT2D eigenvalue weighted by Crippen LogP contribution is -2.14. The first kappa shape index (κ1) is 27.2. The molecule has 0 N–H and O–H groups in total. The Bertz CT molecular complexity index is 1610. The molecule has 0 bridgehead atoms. The lowest BCUT2D eigenvalue weighted by molar-refractivity contribution is 1.21. The number of para-hydroxylation sites is 3. The Morgan fingerprint density at radius 1 is 0.463 bits per heavy atom. The molecule has 0 amide bonds. The van der Waals surface area contributed by atoms with Crippen LogP contribution in [0.2, 0.25) is 0 Å². The van der Waals surface area contributed by atoms with Gasteiger partial charge in [-0.15, -0.1) is 0 Å². The molecule has 5 aromatic carbocycles. The zero-order valence-corrected chi connectivity index (χ0v) is 23.4. The molecule has 0 radical (unpaired) electrons. The van der Waals surface area contributed by atoms with E-state index >= 15 is 0 Å². The van der Waals surface area contributed by atoms with Gasteiger partial charge in [0.2, 0.25) is 0 Å². The summed E-state index contributed by atoms with van der Waals surface area (Å²) in [6, 6.07) is 48.0. The fraction of sp³-hybridized carbons (Fsp3) is 0.0256. The average molecular weight is 531 g/mol. The summed E-state index contributed by atoms with van der Waals surface area (Å²) in [5.41, 5.74) is 10.1. The van der Waals surface area contributed by atoms with Crippen LogP contribution < -0.4 is 9.80 Å². The predicted molar refractivity (Wildman–Crippen MR) is 178 cm³/mol. The van der Waals surface area contributed by atoms with Crippen molar-refractivity contribution < 1.29 is 0 Å². The molecular weight excluding hydrogens is 496 g/mol. The van der Waals surface area contributed by atoms with Crippen LogP contribution in [0.1, 0.15) is 18.1 Å². The van der Waals surface area contributed by atoms with Gasteiger partial charge in [0.25, 0.3) is 0 Å². The van der Waals surface area contributed by atoms with Gasteiger partial charge >= 0.3 is 0 Å². The van der Waals surface area contributed by atoms with E-state index in [0.717, 1.165) is 56.4 Å². The van der Waals surface area contributed by atoms with Crippen LogP contribution >= 0.6 is 0 Å². The summed E-state index contributed by atoms with van der Waals surface area (Å²) < 4.78 is 0. The Kier molecular flexibility index (Phi) is 8.42. The van der Waals surface area contributed by atoms with Gasteiger partial charge < -0.3 is 9.80 Å². The molecule has 0 heterocycles. The molecule has 0 aromatic heterocycles. The zero-order chi connectivity index (χ0) is 28.6.